The van der Waals surface area contributed by atoms with Crippen molar-refractivity contribution in [1.82, 2.24) is 4.98 Å². The van der Waals surface area contributed by atoms with Gasteiger partial charge in [0.2, 0.25) is 0 Å². The van der Waals surface area contributed by atoms with Gasteiger partial charge in [-0.3, -0.25) is 0 Å². The molecule has 1 aromatic heterocycles. The van der Waals surface area contributed by atoms with E-state index in [1.165, 1.54) is 0 Å². The highest BCUT2D eigenvalue weighted by atomic mass is 35.5. The highest BCUT2D eigenvalue weighted by Crippen LogP contribution is 2.32. The highest BCUT2D eigenvalue weighted by Gasteiger charge is 2.33. The molecule has 0 aliphatic carbocycles. The molecular formula is C7H5ClF3NO. The van der Waals surface area contributed by atoms with Gasteiger partial charge >= 0.3 is 6.18 Å². The second-order valence-corrected chi connectivity index (χ2v) is 2.71. The molecule has 0 saturated carbocycles. The molecule has 0 fully saturated rings. The number of nitrogens with zero attached hydrogens (tertiary/aromatic N) is 1. The minimum absolute atomic E-state index is 0.246. The van der Waals surface area contributed by atoms with Crippen LogP contribution in [0.25, 0.3) is 0 Å². The van der Waals surface area contributed by atoms with Crippen LogP contribution in [0.3, 0.4) is 0 Å². The van der Waals surface area contributed by atoms with Gasteiger partial charge in [-0.15, -0.1) is 0 Å². The second-order valence-electron chi connectivity index (χ2n) is 2.32. The van der Waals surface area contributed by atoms with Gasteiger partial charge < -0.3 is 5.11 Å². The summed E-state index contributed by atoms with van der Waals surface area (Å²) in [7, 11) is 0. The molecule has 1 heterocycles. The van der Waals surface area contributed by atoms with Crippen molar-refractivity contribution in [2.75, 3.05) is 0 Å². The van der Waals surface area contributed by atoms with Crippen LogP contribution < -0.4 is 0 Å². The van der Waals surface area contributed by atoms with Crippen LogP contribution in [-0.4, -0.2) is 10.1 Å². The van der Waals surface area contributed by atoms with Gasteiger partial charge in [0.25, 0.3) is 0 Å². The Balaban J connectivity index is 3.24. The van der Waals surface area contributed by atoms with Crippen LogP contribution >= 0.6 is 11.6 Å². The van der Waals surface area contributed by atoms with Gasteiger partial charge in [0.15, 0.2) is 0 Å². The summed E-state index contributed by atoms with van der Waals surface area (Å²) in [6.07, 6.45) is -3.60. The molecule has 13 heavy (non-hydrogen) atoms. The van der Waals surface area contributed by atoms with Crippen molar-refractivity contribution in [3.8, 4) is 0 Å². The lowest BCUT2D eigenvalue weighted by atomic mass is 10.1. The summed E-state index contributed by atoms with van der Waals surface area (Å²) in [6, 6.07) is 0.688. The Labute approximate surface area is 77.0 Å². The number of hydrogen-bond acceptors (Lipinski definition) is 2. The molecule has 72 valence electrons. The van der Waals surface area contributed by atoms with Crippen LogP contribution in [0.15, 0.2) is 12.3 Å². The van der Waals surface area contributed by atoms with E-state index >= 15 is 0 Å². The standard InChI is InChI=1S/C7H5ClF3NO/c8-6-1-5(7(9,10)11)4(3-13)2-12-6/h1-2,13H,3H2. The Morgan fingerprint density at radius 1 is 1.46 bits per heavy atom. The van der Waals surface area contributed by atoms with Gasteiger partial charge in [0, 0.05) is 11.8 Å². The molecule has 0 bridgehead atoms. The summed E-state index contributed by atoms with van der Waals surface area (Å²) < 4.78 is 36.7. The van der Waals surface area contributed by atoms with Crippen molar-refractivity contribution in [2.45, 2.75) is 12.8 Å². The van der Waals surface area contributed by atoms with Crippen molar-refractivity contribution in [3.63, 3.8) is 0 Å². The van der Waals surface area contributed by atoms with E-state index in [0.29, 0.717) is 6.07 Å². The first-order valence-electron chi connectivity index (χ1n) is 3.27. The molecule has 0 atom stereocenters. The number of aliphatic hydroxyl groups is 1. The Morgan fingerprint density at radius 2 is 2.08 bits per heavy atom. The molecule has 0 spiro atoms. The van der Waals surface area contributed by atoms with Crippen LogP contribution in [-0.2, 0) is 12.8 Å². The lowest BCUT2D eigenvalue weighted by molar-refractivity contribution is -0.138. The van der Waals surface area contributed by atoms with Crippen LogP contribution in [0, 0.1) is 0 Å². The van der Waals surface area contributed by atoms with Crippen molar-refractivity contribution in [2.24, 2.45) is 0 Å². The first kappa shape index (κ1) is 10.3. The molecule has 1 rings (SSSR count). The molecule has 1 N–H and O–H groups in total. The van der Waals surface area contributed by atoms with Gasteiger partial charge in [-0.25, -0.2) is 4.98 Å². The molecule has 0 aromatic carbocycles. The maximum Gasteiger partial charge on any atom is 0.416 e. The fourth-order valence-corrected chi connectivity index (χ4v) is 1.01. The predicted molar refractivity (Wildman–Crippen MR) is 40.2 cm³/mol. The SMILES string of the molecule is OCc1cnc(Cl)cc1C(F)(F)F. The van der Waals surface area contributed by atoms with E-state index in [2.05, 4.69) is 4.98 Å². The molecule has 0 radical (unpaired) electrons. The van der Waals surface area contributed by atoms with Crippen molar-refractivity contribution in [1.29, 1.82) is 0 Å². The third-order valence-corrected chi connectivity index (χ3v) is 1.64. The quantitative estimate of drug-likeness (QED) is 0.723. The summed E-state index contributed by atoms with van der Waals surface area (Å²) >= 11 is 5.29. The van der Waals surface area contributed by atoms with E-state index in [9.17, 15) is 13.2 Å². The highest BCUT2D eigenvalue weighted by molar-refractivity contribution is 6.29. The number of halogens is 4. The smallest absolute Gasteiger partial charge is 0.392 e. The normalized spacial score (nSPS) is 11.8. The molecule has 0 amide bonds. The fourth-order valence-electron chi connectivity index (χ4n) is 0.848. The Bertz CT molecular complexity index is 313. The number of hydrogen-bond donors (Lipinski definition) is 1. The first-order valence-corrected chi connectivity index (χ1v) is 3.65. The number of aromatic nitrogens is 1. The Kier molecular flexibility index (Phi) is 2.77. The van der Waals surface area contributed by atoms with Gasteiger partial charge in [0.05, 0.1) is 12.2 Å². The van der Waals surface area contributed by atoms with Crippen molar-refractivity contribution in [3.05, 3.63) is 28.5 Å². The molecule has 0 saturated heterocycles. The Hall–Kier alpha value is -0.810. The lowest BCUT2D eigenvalue weighted by Gasteiger charge is -2.10. The predicted octanol–water partition coefficient (Wildman–Crippen LogP) is 2.25. The van der Waals surface area contributed by atoms with Gasteiger partial charge in [-0.2, -0.15) is 13.2 Å². The van der Waals surface area contributed by atoms with Crippen molar-refractivity contribution >= 4 is 11.6 Å². The van der Waals surface area contributed by atoms with Crippen LogP contribution in [0.2, 0.25) is 5.15 Å². The summed E-state index contributed by atoms with van der Waals surface area (Å²) in [6.45, 7) is -0.709. The van der Waals surface area contributed by atoms with E-state index in [0.717, 1.165) is 6.20 Å². The minimum Gasteiger partial charge on any atom is -0.392 e. The maximum absolute atomic E-state index is 12.2. The lowest BCUT2D eigenvalue weighted by Crippen LogP contribution is -2.09. The zero-order valence-electron chi connectivity index (χ0n) is 6.27. The second kappa shape index (κ2) is 3.51. The van der Waals surface area contributed by atoms with Gasteiger partial charge in [-0.05, 0) is 6.07 Å². The monoisotopic (exact) mass is 211 g/mol. The summed E-state index contributed by atoms with van der Waals surface area (Å²) in [5.41, 5.74) is -1.23. The first-order chi connectivity index (χ1) is 5.95. The van der Waals surface area contributed by atoms with Crippen LogP contribution in [0.5, 0.6) is 0 Å². The topological polar surface area (TPSA) is 33.1 Å². The summed E-state index contributed by atoms with van der Waals surface area (Å²) in [5.74, 6) is 0. The molecule has 2 nitrogen and oxygen atoms in total. The minimum atomic E-state index is -4.51. The van der Waals surface area contributed by atoms with E-state index in [1.807, 2.05) is 0 Å². The van der Waals surface area contributed by atoms with Gasteiger partial charge in [-0.1, -0.05) is 11.6 Å². The van der Waals surface area contributed by atoms with E-state index in [1.54, 1.807) is 0 Å². The van der Waals surface area contributed by atoms with Crippen LogP contribution in [0.4, 0.5) is 13.2 Å². The Morgan fingerprint density at radius 3 is 2.54 bits per heavy atom. The molecule has 0 unspecified atom stereocenters. The number of pyridine rings is 1. The average Bonchev–Trinajstić information content (AvgIpc) is 2.03. The number of alkyl halides is 3. The summed E-state index contributed by atoms with van der Waals surface area (Å²) in [5, 5.41) is 8.34. The average molecular weight is 212 g/mol. The molecular weight excluding hydrogens is 207 g/mol. The largest absolute Gasteiger partial charge is 0.416 e. The molecule has 6 heteroatoms. The third kappa shape index (κ3) is 2.32. The van der Waals surface area contributed by atoms with E-state index in [4.69, 9.17) is 16.7 Å². The van der Waals surface area contributed by atoms with Crippen LogP contribution in [0.1, 0.15) is 11.1 Å². The molecule has 1 aromatic rings. The number of rotatable bonds is 1. The zero-order chi connectivity index (χ0) is 10.1. The van der Waals surface area contributed by atoms with E-state index in [-0.39, 0.29) is 10.7 Å². The number of aliphatic hydroxyl groups excluding tert-OH is 1. The fraction of sp³-hybridized carbons (Fsp3) is 0.286. The maximum atomic E-state index is 12.2. The summed E-state index contributed by atoms with van der Waals surface area (Å²) in [4.78, 5) is 3.43. The van der Waals surface area contributed by atoms with Gasteiger partial charge in [0.1, 0.15) is 5.15 Å². The van der Waals surface area contributed by atoms with E-state index < -0.39 is 18.3 Å². The molecule has 0 aliphatic rings. The third-order valence-electron chi connectivity index (χ3n) is 1.43. The van der Waals surface area contributed by atoms with Crippen molar-refractivity contribution < 1.29 is 18.3 Å². The molecule has 0 aliphatic heterocycles. The zero-order valence-corrected chi connectivity index (χ0v) is 7.02.